The zero-order valence-electron chi connectivity index (χ0n) is 6.81. The van der Waals surface area contributed by atoms with E-state index >= 15 is 0 Å². The maximum absolute atomic E-state index is 2.98. The van der Waals surface area contributed by atoms with Gasteiger partial charge in [0.25, 0.3) is 0 Å². The summed E-state index contributed by atoms with van der Waals surface area (Å²) < 4.78 is 0. The SMILES string of the molecule is CN(C)C1(C)C=C=C=CC1. The number of nitrogens with zero attached hydrogens (tertiary/aromatic N) is 1. The van der Waals surface area contributed by atoms with Crippen molar-refractivity contribution in [1.82, 2.24) is 4.90 Å². The van der Waals surface area contributed by atoms with Gasteiger partial charge in [-0.3, -0.25) is 4.90 Å². The van der Waals surface area contributed by atoms with Gasteiger partial charge in [0.05, 0.1) is 0 Å². The van der Waals surface area contributed by atoms with Crippen LogP contribution >= 0.6 is 0 Å². The maximum atomic E-state index is 2.98. The third-order valence-corrected chi connectivity index (χ3v) is 2.11. The minimum Gasteiger partial charge on any atom is -0.300 e. The van der Waals surface area contributed by atoms with Crippen molar-refractivity contribution in [2.75, 3.05) is 14.1 Å². The minimum absolute atomic E-state index is 0.158. The Morgan fingerprint density at radius 2 is 2.10 bits per heavy atom. The number of hydrogen-bond acceptors (Lipinski definition) is 1. The van der Waals surface area contributed by atoms with Crippen LogP contribution in [0.2, 0.25) is 0 Å². The average molecular weight is 135 g/mol. The van der Waals surface area contributed by atoms with E-state index in [2.05, 4.69) is 43.5 Å². The highest BCUT2D eigenvalue weighted by atomic mass is 15.1. The Labute approximate surface area is 62.3 Å². The summed E-state index contributed by atoms with van der Waals surface area (Å²) >= 11 is 0. The topological polar surface area (TPSA) is 3.24 Å². The Balaban J connectivity index is 2.85. The smallest absolute Gasteiger partial charge is 0.0478 e. The van der Waals surface area contributed by atoms with Crippen LogP contribution < -0.4 is 0 Å². The van der Waals surface area contributed by atoms with E-state index in [0.717, 1.165) is 6.42 Å². The molecule has 0 aromatic rings. The van der Waals surface area contributed by atoms with Gasteiger partial charge in [0, 0.05) is 5.54 Å². The summed E-state index contributed by atoms with van der Waals surface area (Å²) in [7, 11) is 4.16. The Bertz CT molecular complexity index is 215. The highest BCUT2D eigenvalue weighted by molar-refractivity contribution is 5.11. The lowest BCUT2D eigenvalue weighted by Crippen LogP contribution is -2.38. The average Bonchev–Trinajstić information content (AvgIpc) is 1.89. The van der Waals surface area contributed by atoms with Gasteiger partial charge in [0.15, 0.2) is 0 Å². The van der Waals surface area contributed by atoms with Gasteiger partial charge in [-0.05, 0) is 39.6 Å². The maximum Gasteiger partial charge on any atom is 0.0478 e. The van der Waals surface area contributed by atoms with Gasteiger partial charge in [-0.15, -0.1) is 0 Å². The van der Waals surface area contributed by atoms with E-state index in [1.165, 1.54) is 0 Å². The van der Waals surface area contributed by atoms with Gasteiger partial charge in [-0.2, -0.15) is 0 Å². The van der Waals surface area contributed by atoms with Gasteiger partial charge in [-0.25, -0.2) is 0 Å². The van der Waals surface area contributed by atoms with Gasteiger partial charge in [-0.1, -0.05) is 11.5 Å². The standard InChI is InChI=1S/C9H13N/c1-9(10(2)3)7-5-4-6-8-9/h5,8H,7H2,1-3H3. The predicted molar refractivity (Wildman–Crippen MR) is 42.9 cm³/mol. The summed E-state index contributed by atoms with van der Waals surface area (Å²) in [5.41, 5.74) is 6.08. The quantitative estimate of drug-likeness (QED) is 0.493. The number of rotatable bonds is 1. The Morgan fingerprint density at radius 3 is 2.40 bits per heavy atom. The van der Waals surface area contributed by atoms with E-state index in [1.54, 1.807) is 0 Å². The van der Waals surface area contributed by atoms with E-state index in [0.29, 0.717) is 0 Å². The Hall–Kier alpha value is -0.740. The molecule has 0 spiro atoms. The molecular formula is C9H13N. The van der Waals surface area contributed by atoms with E-state index < -0.39 is 0 Å². The molecule has 1 nitrogen and oxygen atoms in total. The Morgan fingerprint density at radius 1 is 1.40 bits per heavy atom. The molecule has 0 aliphatic heterocycles. The fraction of sp³-hybridized carbons (Fsp3) is 0.556. The third kappa shape index (κ3) is 1.22. The van der Waals surface area contributed by atoms with Crippen LogP contribution in [0, 0.1) is 0 Å². The second-order valence-corrected chi connectivity index (χ2v) is 3.09. The molecule has 1 aliphatic carbocycles. The highest BCUT2D eigenvalue weighted by Crippen LogP contribution is 2.19. The summed E-state index contributed by atoms with van der Waals surface area (Å²) in [6.45, 7) is 2.19. The monoisotopic (exact) mass is 135 g/mol. The molecule has 0 radical (unpaired) electrons. The van der Waals surface area contributed by atoms with Crippen molar-refractivity contribution in [3.05, 3.63) is 23.6 Å². The van der Waals surface area contributed by atoms with Crippen LogP contribution in [0.3, 0.4) is 0 Å². The van der Waals surface area contributed by atoms with Gasteiger partial charge in [0.1, 0.15) is 0 Å². The zero-order chi connectivity index (χ0) is 7.61. The van der Waals surface area contributed by atoms with Crippen molar-refractivity contribution in [2.45, 2.75) is 18.9 Å². The van der Waals surface area contributed by atoms with Crippen molar-refractivity contribution < 1.29 is 0 Å². The second kappa shape index (κ2) is 2.48. The molecule has 0 fully saturated rings. The fourth-order valence-corrected chi connectivity index (χ4v) is 0.884. The minimum atomic E-state index is 0.158. The van der Waals surface area contributed by atoms with Gasteiger partial charge in [0.2, 0.25) is 0 Å². The molecular weight excluding hydrogens is 122 g/mol. The van der Waals surface area contributed by atoms with Crippen molar-refractivity contribution >= 4 is 0 Å². The molecule has 0 saturated carbocycles. The molecule has 1 atom stereocenters. The lowest BCUT2D eigenvalue weighted by molar-refractivity contribution is 0.231. The van der Waals surface area contributed by atoms with Crippen LogP contribution in [0.5, 0.6) is 0 Å². The summed E-state index contributed by atoms with van der Waals surface area (Å²) in [6.07, 6.45) is 5.12. The van der Waals surface area contributed by atoms with Crippen LogP contribution in [-0.2, 0) is 0 Å². The molecule has 1 heteroatoms. The first-order valence-electron chi connectivity index (χ1n) is 3.50. The molecule has 0 saturated heterocycles. The Kier molecular flexibility index (Phi) is 1.82. The molecule has 10 heavy (non-hydrogen) atoms. The summed E-state index contributed by atoms with van der Waals surface area (Å²) in [5, 5.41) is 0. The van der Waals surface area contributed by atoms with Crippen LogP contribution in [-0.4, -0.2) is 24.5 Å². The van der Waals surface area contributed by atoms with E-state index in [9.17, 15) is 0 Å². The van der Waals surface area contributed by atoms with Crippen molar-refractivity contribution in [3.63, 3.8) is 0 Å². The first-order chi connectivity index (χ1) is 4.65. The first kappa shape index (κ1) is 7.37. The van der Waals surface area contributed by atoms with E-state index in [1.807, 2.05) is 6.08 Å². The largest absolute Gasteiger partial charge is 0.300 e. The number of hydrogen-bond donors (Lipinski definition) is 0. The van der Waals surface area contributed by atoms with Crippen LogP contribution in [0.25, 0.3) is 0 Å². The van der Waals surface area contributed by atoms with Crippen molar-refractivity contribution in [2.24, 2.45) is 0 Å². The summed E-state index contributed by atoms with van der Waals surface area (Å²) in [4.78, 5) is 2.19. The molecule has 0 amide bonds. The summed E-state index contributed by atoms with van der Waals surface area (Å²) in [6, 6.07) is 0. The molecule has 0 N–H and O–H groups in total. The molecule has 0 heterocycles. The van der Waals surface area contributed by atoms with Crippen molar-refractivity contribution in [3.8, 4) is 0 Å². The third-order valence-electron chi connectivity index (χ3n) is 2.11. The molecule has 0 aromatic heterocycles. The van der Waals surface area contributed by atoms with E-state index in [4.69, 9.17) is 0 Å². The molecule has 1 unspecified atom stereocenters. The molecule has 0 bridgehead atoms. The fourth-order valence-electron chi connectivity index (χ4n) is 0.884. The highest BCUT2D eigenvalue weighted by Gasteiger charge is 2.22. The van der Waals surface area contributed by atoms with Crippen molar-refractivity contribution in [1.29, 1.82) is 0 Å². The lowest BCUT2D eigenvalue weighted by Gasteiger charge is -2.32. The zero-order valence-corrected chi connectivity index (χ0v) is 6.81. The van der Waals surface area contributed by atoms with E-state index in [-0.39, 0.29) is 5.54 Å². The first-order valence-corrected chi connectivity index (χ1v) is 3.50. The number of likely N-dealkylation sites (N-methyl/N-ethyl adjacent to an activating group) is 1. The molecule has 1 rings (SSSR count). The predicted octanol–water partition coefficient (Wildman–Crippen LogP) is 1.58. The summed E-state index contributed by atoms with van der Waals surface area (Å²) in [5.74, 6) is 0. The van der Waals surface area contributed by atoms with Gasteiger partial charge >= 0.3 is 0 Å². The van der Waals surface area contributed by atoms with Crippen LogP contribution in [0.1, 0.15) is 13.3 Å². The molecule has 1 aliphatic rings. The van der Waals surface area contributed by atoms with Crippen LogP contribution in [0.15, 0.2) is 23.6 Å². The molecule has 0 aromatic carbocycles. The second-order valence-electron chi connectivity index (χ2n) is 3.09. The van der Waals surface area contributed by atoms with Crippen LogP contribution in [0.4, 0.5) is 0 Å². The van der Waals surface area contributed by atoms with Gasteiger partial charge < -0.3 is 0 Å². The lowest BCUT2D eigenvalue weighted by atomic mass is 9.94. The molecule has 54 valence electrons. The normalized spacial score (nSPS) is 30.0.